The Kier molecular flexibility index (Phi) is 4.29. The quantitative estimate of drug-likeness (QED) is 0.819. The summed E-state index contributed by atoms with van der Waals surface area (Å²) >= 11 is 1.75. The van der Waals surface area contributed by atoms with Crippen LogP contribution in [0.4, 0.5) is 0 Å². The zero-order chi connectivity index (χ0) is 12.1. The molecule has 0 amide bonds. The number of nitrogens with one attached hydrogen (secondary N) is 1. The number of aromatic nitrogens is 1. The molecule has 0 radical (unpaired) electrons. The van der Waals surface area contributed by atoms with Crippen LogP contribution in [0.25, 0.3) is 11.3 Å². The summed E-state index contributed by atoms with van der Waals surface area (Å²) in [6, 6.07) is 8.54. The molecular formula is C14H18N2S. The van der Waals surface area contributed by atoms with Gasteiger partial charge in [-0.1, -0.05) is 36.8 Å². The summed E-state index contributed by atoms with van der Waals surface area (Å²) in [7, 11) is 0. The Morgan fingerprint density at radius 2 is 2.00 bits per heavy atom. The van der Waals surface area contributed by atoms with Gasteiger partial charge < -0.3 is 5.32 Å². The summed E-state index contributed by atoms with van der Waals surface area (Å²) in [5, 5.41) is 6.67. The van der Waals surface area contributed by atoms with E-state index in [2.05, 4.69) is 53.8 Å². The van der Waals surface area contributed by atoms with Crippen LogP contribution in [0.3, 0.4) is 0 Å². The van der Waals surface area contributed by atoms with Gasteiger partial charge in [0.2, 0.25) is 0 Å². The summed E-state index contributed by atoms with van der Waals surface area (Å²) in [4.78, 5) is 4.66. The number of likely N-dealkylation sites (N-methyl/N-ethyl adjacent to an activating group) is 1. The van der Waals surface area contributed by atoms with Gasteiger partial charge in [0.15, 0.2) is 0 Å². The van der Waals surface area contributed by atoms with Gasteiger partial charge in [-0.05, 0) is 13.5 Å². The van der Waals surface area contributed by atoms with Crippen LogP contribution in [0.15, 0.2) is 29.6 Å². The van der Waals surface area contributed by atoms with Crippen LogP contribution in [0, 0.1) is 6.92 Å². The lowest BCUT2D eigenvalue weighted by Gasteiger charge is -1.98. The van der Waals surface area contributed by atoms with Crippen molar-refractivity contribution >= 4 is 11.3 Å². The van der Waals surface area contributed by atoms with E-state index >= 15 is 0 Å². The average molecular weight is 246 g/mol. The summed E-state index contributed by atoms with van der Waals surface area (Å²) in [5.74, 6) is 0. The van der Waals surface area contributed by atoms with E-state index in [1.165, 1.54) is 16.1 Å². The highest BCUT2D eigenvalue weighted by atomic mass is 32.1. The topological polar surface area (TPSA) is 24.9 Å². The first-order chi connectivity index (χ1) is 8.29. The Morgan fingerprint density at radius 1 is 1.24 bits per heavy atom. The van der Waals surface area contributed by atoms with Gasteiger partial charge >= 0.3 is 0 Å². The van der Waals surface area contributed by atoms with E-state index in [-0.39, 0.29) is 0 Å². The van der Waals surface area contributed by atoms with E-state index in [1.807, 2.05) is 0 Å². The van der Waals surface area contributed by atoms with Gasteiger partial charge in [0, 0.05) is 23.9 Å². The van der Waals surface area contributed by atoms with Crippen LogP contribution in [-0.2, 0) is 6.42 Å². The molecule has 3 heteroatoms. The molecule has 0 spiro atoms. The summed E-state index contributed by atoms with van der Waals surface area (Å²) in [6.07, 6.45) is 1.02. The second-order valence-corrected chi connectivity index (χ2v) is 5.04. The maximum absolute atomic E-state index is 4.66. The molecular weight excluding hydrogens is 228 g/mol. The van der Waals surface area contributed by atoms with E-state index in [1.54, 1.807) is 11.3 Å². The monoisotopic (exact) mass is 246 g/mol. The van der Waals surface area contributed by atoms with E-state index in [4.69, 9.17) is 0 Å². The molecule has 1 aromatic heterocycles. The van der Waals surface area contributed by atoms with Crippen LogP contribution in [-0.4, -0.2) is 18.1 Å². The van der Waals surface area contributed by atoms with E-state index in [0.29, 0.717) is 0 Å². The molecule has 0 atom stereocenters. The molecule has 0 unspecified atom stereocenters. The minimum absolute atomic E-state index is 1.01. The first-order valence-corrected chi connectivity index (χ1v) is 6.89. The molecule has 0 bridgehead atoms. The van der Waals surface area contributed by atoms with Crippen molar-refractivity contribution in [1.29, 1.82) is 0 Å². The zero-order valence-corrected chi connectivity index (χ0v) is 11.2. The molecule has 0 saturated heterocycles. The minimum atomic E-state index is 1.01. The van der Waals surface area contributed by atoms with E-state index in [0.717, 1.165) is 25.2 Å². The lowest BCUT2D eigenvalue weighted by molar-refractivity contribution is 0.714. The number of thiazole rings is 1. The number of rotatable bonds is 5. The molecule has 17 heavy (non-hydrogen) atoms. The van der Waals surface area contributed by atoms with Gasteiger partial charge in [-0.3, -0.25) is 0 Å². The van der Waals surface area contributed by atoms with Crippen molar-refractivity contribution in [2.45, 2.75) is 20.3 Å². The van der Waals surface area contributed by atoms with Gasteiger partial charge in [0.1, 0.15) is 0 Å². The highest BCUT2D eigenvalue weighted by Crippen LogP contribution is 2.22. The average Bonchev–Trinajstić information content (AvgIpc) is 2.79. The number of benzene rings is 1. The number of hydrogen-bond donors (Lipinski definition) is 1. The van der Waals surface area contributed by atoms with Gasteiger partial charge in [0.05, 0.1) is 10.7 Å². The number of hydrogen-bond acceptors (Lipinski definition) is 3. The second kappa shape index (κ2) is 5.94. The minimum Gasteiger partial charge on any atom is -0.317 e. The molecule has 0 saturated carbocycles. The Labute approximate surface area is 107 Å². The number of aryl methyl sites for hydroxylation is 1. The van der Waals surface area contributed by atoms with Crippen LogP contribution < -0.4 is 5.32 Å². The highest BCUT2D eigenvalue weighted by molar-refractivity contribution is 7.09. The standard InChI is InChI=1S/C14H18N2S/c1-3-15-9-8-14-16-13(10-17-14)12-6-4-11(2)5-7-12/h4-7,10,15H,3,8-9H2,1-2H3. The van der Waals surface area contributed by atoms with Gasteiger partial charge in [-0.2, -0.15) is 0 Å². The lowest BCUT2D eigenvalue weighted by atomic mass is 10.1. The molecule has 0 aliphatic rings. The SMILES string of the molecule is CCNCCc1nc(-c2ccc(C)cc2)cs1. The molecule has 1 heterocycles. The number of nitrogens with zero attached hydrogens (tertiary/aromatic N) is 1. The molecule has 0 fully saturated rings. The predicted molar refractivity (Wildman–Crippen MR) is 74.5 cm³/mol. The summed E-state index contributed by atoms with van der Waals surface area (Å²) < 4.78 is 0. The van der Waals surface area contributed by atoms with Gasteiger partial charge in [0.25, 0.3) is 0 Å². The molecule has 1 aromatic carbocycles. The molecule has 2 aromatic rings. The van der Waals surface area contributed by atoms with Gasteiger partial charge in [-0.25, -0.2) is 4.98 Å². The Balaban J connectivity index is 2.04. The van der Waals surface area contributed by atoms with E-state index in [9.17, 15) is 0 Å². The molecule has 0 aliphatic heterocycles. The fourth-order valence-corrected chi connectivity index (χ4v) is 2.46. The van der Waals surface area contributed by atoms with Crippen molar-refractivity contribution in [2.24, 2.45) is 0 Å². The smallest absolute Gasteiger partial charge is 0.0945 e. The third-order valence-corrected chi connectivity index (χ3v) is 3.57. The van der Waals surface area contributed by atoms with Crippen molar-refractivity contribution in [3.63, 3.8) is 0 Å². The normalized spacial score (nSPS) is 10.7. The van der Waals surface area contributed by atoms with Crippen molar-refractivity contribution < 1.29 is 0 Å². The van der Waals surface area contributed by atoms with Crippen LogP contribution >= 0.6 is 11.3 Å². The largest absolute Gasteiger partial charge is 0.317 e. The maximum atomic E-state index is 4.66. The Bertz CT molecular complexity index is 459. The first kappa shape index (κ1) is 12.3. The Morgan fingerprint density at radius 3 is 2.71 bits per heavy atom. The van der Waals surface area contributed by atoms with Gasteiger partial charge in [-0.15, -0.1) is 11.3 Å². The molecule has 0 aliphatic carbocycles. The van der Waals surface area contributed by atoms with Crippen LogP contribution in [0.2, 0.25) is 0 Å². The van der Waals surface area contributed by atoms with Crippen molar-refractivity contribution in [3.8, 4) is 11.3 Å². The molecule has 1 N–H and O–H groups in total. The Hall–Kier alpha value is -1.19. The fraction of sp³-hybridized carbons (Fsp3) is 0.357. The van der Waals surface area contributed by atoms with Crippen LogP contribution in [0.5, 0.6) is 0 Å². The first-order valence-electron chi connectivity index (χ1n) is 6.01. The third kappa shape index (κ3) is 3.38. The van der Waals surface area contributed by atoms with E-state index < -0.39 is 0 Å². The van der Waals surface area contributed by atoms with Crippen LogP contribution in [0.1, 0.15) is 17.5 Å². The van der Waals surface area contributed by atoms with Crippen molar-refractivity contribution in [1.82, 2.24) is 10.3 Å². The zero-order valence-electron chi connectivity index (χ0n) is 10.4. The maximum Gasteiger partial charge on any atom is 0.0945 e. The molecule has 2 nitrogen and oxygen atoms in total. The summed E-state index contributed by atoms with van der Waals surface area (Å²) in [5.41, 5.74) is 3.60. The van der Waals surface area contributed by atoms with Crippen molar-refractivity contribution in [3.05, 3.63) is 40.2 Å². The third-order valence-electron chi connectivity index (χ3n) is 2.66. The predicted octanol–water partition coefficient (Wildman–Crippen LogP) is 3.27. The van der Waals surface area contributed by atoms with Crippen molar-refractivity contribution in [2.75, 3.05) is 13.1 Å². The second-order valence-electron chi connectivity index (χ2n) is 4.10. The molecule has 2 rings (SSSR count). The summed E-state index contributed by atoms with van der Waals surface area (Å²) in [6.45, 7) is 6.26. The molecule has 90 valence electrons. The fourth-order valence-electron chi connectivity index (χ4n) is 1.65. The highest BCUT2D eigenvalue weighted by Gasteiger charge is 2.03. The lowest BCUT2D eigenvalue weighted by Crippen LogP contribution is -2.15.